The molecule has 0 fully saturated rings. The Labute approximate surface area is 115 Å². The van der Waals surface area contributed by atoms with E-state index in [1.54, 1.807) is 12.3 Å². The Bertz CT molecular complexity index is 800. The van der Waals surface area contributed by atoms with Gasteiger partial charge in [0.2, 0.25) is 5.75 Å². The highest BCUT2D eigenvalue weighted by Crippen LogP contribution is 2.34. The molecule has 1 aromatic carbocycles. The highest BCUT2D eigenvalue weighted by Gasteiger charge is 2.14. The third-order valence-corrected chi connectivity index (χ3v) is 3.07. The second-order valence-corrected chi connectivity index (χ2v) is 4.87. The Morgan fingerprint density at radius 3 is 2.75 bits per heavy atom. The summed E-state index contributed by atoms with van der Waals surface area (Å²) in [6.07, 6.45) is 1.60. The van der Waals surface area contributed by atoms with Crippen LogP contribution in [0.3, 0.4) is 0 Å². The van der Waals surface area contributed by atoms with Gasteiger partial charge in [-0.1, -0.05) is 0 Å². The zero-order valence-electron chi connectivity index (χ0n) is 11.4. The van der Waals surface area contributed by atoms with Crippen molar-refractivity contribution in [2.45, 2.75) is 0 Å². The molecule has 0 spiro atoms. The number of ether oxygens (including phenoxy) is 1. The molecule has 0 N–H and O–H groups in total. The molecule has 0 unspecified atom stereocenters. The molecular weight excluding hydrogens is 258 g/mol. The molecule has 3 rings (SSSR count). The second kappa shape index (κ2) is 5.02. The maximum atomic E-state index is 11.4. The summed E-state index contributed by atoms with van der Waals surface area (Å²) >= 11 is 0. The number of likely N-dealkylation sites (N-methyl/N-ethyl adjacent to an activating group) is 1. The maximum absolute atomic E-state index is 11.4. The number of fused-ring (bicyclic) bond motifs is 2. The summed E-state index contributed by atoms with van der Waals surface area (Å²) < 4.78 is 16.5. The third-order valence-electron chi connectivity index (χ3n) is 3.07. The molecule has 0 saturated carbocycles. The maximum Gasteiger partial charge on any atom is 0.336 e. The monoisotopic (exact) mass is 273 g/mol. The smallest absolute Gasteiger partial charge is 0.336 e. The highest BCUT2D eigenvalue weighted by molar-refractivity contribution is 5.99. The molecular formula is C15H15NO4. The first-order valence-corrected chi connectivity index (χ1v) is 6.37. The molecule has 0 aliphatic carbocycles. The van der Waals surface area contributed by atoms with Crippen LogP contribution in [0.15, 0.2) is 44.2 Å². The lowest BCUT2D eigenvalue weighted by Gasteiger charge is -2.12. The fourth-order valence-electron chi connectivity index (χ4n) is 2.07. The summed E-state index contributed by atoms with van der Waals surface area (Å²) in [6, 6.07) is 6.90. The summed E-state index contributed by atoms with van der Waals surface area (Å²) in [5, 5.41) is 1.74. The van der Waals surface area contributed by atoms with Crippen LogP contribution in [0.5, 0.6) is 5.75 Å². The van der Waals surface area contributed by atoms with Crippen LogP contribution in [0.1, 0.15) is 0 Å². The average Bonchev–Trinajstić information content (AvgIpc) is 2.86. The standard InChI is InChI=1S/C15H15NO4/c1-16(2)6-8-19-15-13-11(5-7-18-13)9-10-3-4-12(17)20-14(10)15/h3-5,7,9H,6,8H2,1-2H3. The van der Waals surface area contributed by atoms with Gasteiger partial charge in [0.1, 0.15) is 6.61 Å². The van der Waals surface area contributed by atoms with E-state index < -0.39 is 5.63 Å². The molecule has 0 atom stereocenters. The van der Waals surface area contributed by atoms with Crippen LogP contribution < -0.4 is 10.4 Å². The van der Waals surface area contributed by atoms with Gasteiger partial charge >= 0.3 is 5.63 Å². The number of hydrogen-bond donors (Lipinski definition) is 0. The van der Waals surface area contributed by atoms with Crippen LogP contribution in [0.4, 0.5) is 0 Å². The van der Waals surface area contributed by atoms with Crippen LogP contribution in [0, 0.1) is 0 Å². The van der Waals surface area contributed by atoms with Crippen molar-refractivity contribution in [1.82, 2.24) is 4.90 Å². The molecule has 5 nitrogen and oxygen atoms in total. The Hall–Kier alpha value is -2.27. The molecule has 5 heteroatoms. The van der Waals surface area contributed by atoms with Gasteiger partial charge in [0.05, 0.1) is 6.26 Å². The molecule has 0 radical (unpaired) electrons. The van der Waals surface area contributed by atoms with Gasteiger partial charge in [0.15, 0.2) is 11.2 Å². The average molecular weight is 273 g/mol. The van der Waals surface area contributed by atoms with E-state index in [1.165, 1.54) is 6.07 Å². The molecule has 2 heterocycles. The topological polar surface area (TPSA) is 55.8 Å². The zero-order valence-corrected chi connectivity index (χ0v) is 11.4. The van der Waals surface area contributed by atoms with Gasteiger partial charge in [-0.3, -0.25) is 0 Å². The van der Waals surface area contributed by atoms with Gasteiger partial charge in [-0.15, -0.1) is 0 Å². The molecule has 0 amide bonds. The van der Waals surface area contributed by atoms with Crippen LogP contribution >= 0.6 is 0 Å². The lowest BCUT2D eigenvalue weighted by molar-refractivity contribution is 0.260. The fraction of sp³-hybridized carbons (Fsp3) is 0.267. The number of benzene rings is 1. The van der Waals surface area contributed by atoms with Crippen molar-refractivity contribution in [2.75, 3.05) is 27.2 Å². The summed E-state index contributed by atoms with van der Waals surface area (Å²) in [5.41, 5.74) is 0.630. The van der Waals surface area contributed by atoms with Crippen LogP contribution in [-0.2, 0) is 0 Å². The lowest BCUT2D eigenvalue weighted by atomic mass is 10.1. The van der Waals surface area contributed by atoms with Gasteiger partial charge in [0, 0.05) is 23.4 Å². The van der Waals surface area contributed by atoms with E-state index >= 15 is 0 Å². The minimum atomic E-state index is -0.402. The first kappa shape index (κ1) is 12.7. The summed E-state index contributed by atoms with van der Waals surface area (Å²) in [6.45, 7) is 1.25. The van der Waals surface area contributed by atoms with E-state index in [-0.39, 0.29) is 0 Å². The van der Waals surface area contributed by atoms with Gasteiger partial charge in [-0.25, -0.2) is 4.79 Å². The van der Waals surface area contributed by atoms with E-state index in [4.69, 9.17) is 13.6 Å². The predicted octanol–water partition coefficient (Wildman–Crippen LogP) is 2.48. The molecule has 0 saturated heterocycles. The molecule has 0 bridgehead atoms. The van der Waals surface area contributed by atoms with Crippen LogP contribution in [0.25, 0.3) is 21.9 Å². The quantitative estimate of drug-likeness (QED) is 0.683. The van der Waals surface area contributed by atoms with Crippen molar-refractivity contribution in [1.29, 1.82) is 0 Å². The van der Waals surface area contributed by atoms with E-state index in [1.807, 2.05) is 31.1 Å². The van der Waals surface area contributed by atoms with E-state index in [2.05, 4.69) is 0 Å². The minimum Gasteiger partial charge on any atom is -0.485 e. The van der Waals surface area contributed by atoms with Gasteiger partial charge in [0.25, 0.3) is 0 Å². The second-order valence-electron chi connectivity index (χ2n) is 4.87. The molecule has 0 aliphatic rings. The summed E-state index contributed by atoms with van der Waals surface area (Å²) in [5.74, 6) is 0.488. The molecule has 104 valence electrons. The van der Waals surface area contributed by atoms with E-state index in [9.17, 15) is 4.79 Å². The molecule has 0 aliphatic heterocycles. The largest absolute Gasteiger partial charge is 0.485 e. The molecule has 20 heavy (non-hydrogen) atoms. The third kappa shape index (κ3) is 2.28. The number of furan rings is 1. The van der Waals surface area contributed by atoms with Crippen LogP contribution in [-0.4, -0.2) is 32.1 Å². The minimum absolute atomic E-state index is 0.402. The summed E-state index contributed by atoms with van der Waals surface area (Å²) in [4.78, 5) is 13.4. The van der Waals surface area contributed by atoms with Gasteiger partial charge in [-0.2, -0.15) is 0 Å². The number of nitrogens with zero attached hydrogens (tertiary/aromatic N) is 1. The fourth-order valence-corrected chi connectivity index (χ4v) is 2.07. The predicted molar refractivity (Wildman–Crippen MR) is 76.3 cm³/mol. The van der Waals surface area contributed by atoms with Crippen molar-refractivity contribution in [3.63, 3.8) is 0 Å². The zero-order chi connectivity index (χ0) is 14.1. The van der Waals surface area contributed by atoms with Crippen molar-refractivity contribution in [2.24, 2.45) is 0 Å². The Morgan fingerprint density at radius 1 is 1.15 bits per heavy atom. The molecule has 3 aromatic rings. The van der Waals surface area contributed by atoms with Crippen molar-refractivity contribution < 1.29 is 13.6 Å². The SMILES string of the molecule is CN(C)CCOc1c2occc2cc2ccc(=O)oc12. The van der Waals surface area contributed by atoms with E-state index in [0.29, 0.717) is 23.5 Å². The lowest BCUT2D eigenvalue weighted by Crippen LogP contribution is -2.19. The van der Waals surface area contributed by atoms with Gasteiger partial charge < -0.3 is 18.5 Å². The van der Waals surface area contributed by atoms with E-state index in [0.717, 1.165) is 17.3 Å². The van der Waals surface area contributed by atoms with Crippen LogP contribution in [0.2, 0.25) is 0 Å². The van der Waals surface area contributed by atoms with Crippen molar-refractivity contribution in [3.05, 3.63) is 40.9 Å². The first-order valence-electron chi connectivity index (χ1n) is 6.37. The number of hydrogen-bond acceptors (Lipinski definition) is 5. The highest BCUT2D eigenvalue weighted by atomic mass is 16.5. The summed E-state index contributed by atoms with van der Waals surface area (Å²) in [7, 11) is 3.93. The Balaban J connectivity index is 2.14. The Morgan fingerprint density at radius 2 is 1.95 bits per heavy atom. The first-order chi connectivity index (χ1) is 9.65. The van der Waals surface area contributed by atoms with Crippen molar-refractivity contribution >= 4 is 21.9 Å². The van der Waals surface area contributed by atoms with Crippen molar-refractivity contribution in [3.8, 4) is 5.75 Å². The Kier molecular flexibility index (Phi) is 3.20. The number of rotatable bonds is 4. The molecule has 2 aromatic heterocycles. The normalized spacial score (nSPS) is 11.6. The van der Waals surface area contributed by atoms with Gasteiger partial charge in [-0.05, 0) is 32.3 Å².